The van der Waals surface area contributed by atoms with E-state index in [2.05, 4.69) is 15.2 Å². The predicted octanol–water partition coefficient (Wildman–Crippen LogP) is 1.70. The van der Waals surface area contributed by atoms with Crippen molar-refractivity contribution in [1.82, 2.24) is 4.98 Å². The molecule has 1 atom stereocenters. The Labute approximate surface area is 145 Å². The van der Waals surface area contributed by atoms with Crippen molar-refractivity contribution in [3.05, 3.63) is 42.6 Å². The molecule has 0 saturated carbocycles. The lowest BCUT2D eigenvalue weighted by Crippen LogP contribution is -2.41. The van der Waals surface area contributed by atoms with Gasteiger partial charge in [-0.05, 0) is 24.3 Å². The van der Waals surface area contributed by atoms with E-state index < -0.39 is 6.10 Å². The fourth-order valence-electron chi connectivity index (χ4n) is 2.88. The SMILES string of the molecule is O=C(Nc1cccnc1N1CCOCC1)C1COc2ccccc2O1. The van der Waals surface area contributed by atoms with Crippen molar-refractivity contribution >= 4 is 17.4 Å². The Hall–Kier alpha value is -2.80. The number of amides is 1. The summed E-state index contributed by atoms with van der Waals surface area (Å²) in [6.07, 6.45) is 1.02. The van der Waals surface area contributed by atoms with E-state index in [1.54, 1.807) is 18.3 Å². The summed E-state index contributed by atoms with van der Waals surface area (Å²) in [6, 6.07) is 11.0. The molecule has 1 N–H and O–H groups in total. The van der Waals surface area contributed by atoms with Gasteiger partial charge in [-0.3, -0.25) is 4.79 Å². The number of hydrogen-bond donors (Lipinski definition) is 1. The summed E-state index contributed by atoms with van der Waals surface area (Å²) >= 11 is 0. The Balaban J connectivity index is 1.48. The zero-order valence-electron chi connectivity index (χ0n) is 13.7. The number of nitrogens with zero attached hydrogens (tertiary/aromatic N) is 2. The molecule has 1 unspecified atom stereocenters. The van der Waals surface area contributed by atoms with Gasteiger partial charge < -0.3 is 24.4 Å². The van der Waals surface area contributed by atoms with Crippen molar-refractivity contribution in [2.45, 2.75) is 6.10 Å². The van der Waals surface area contributed by atoms with Crippen LogP contribution in [0.25, 0.3) is 0 Å². The highest BCUT2D eigenvalue weighted by Crippen LogP contribution is 2.31. The van der Waals surface area contributed by atoms with Crippen molar-refractivity contribution in [2.24, 2.45) is 0 Å². The Morgan fingerprint density at radius 3 is 2.76 bits per heavy atom. The summed E-state index contributed by atoms with van der Waals surface area (Å²) in [5, 5.41) is 2.92. The molecule has 7 heteroatoms. The molecule has 0 spiro atoms. The van der Waals surface area contributed by atoms with Crippen molar-refractivity contribution in [2.75, 3.05) is 43.1 Å². The van der Waals surface area contributed by atoms with Crippen LogP contribution in [0.2, 0.25) is 0 Å². The summed E-state index contributed by atoms with van der Waals surface area (Å²) in [5.74, 6) is 1.73. The van der Waals surface area contributed by atoms with E-state index in [0.29, 0.717) is 30.4 Å². The molecule has 1 saturated heterocycles. The number of anilines is 2. The Bertz CT molecular complexity index is 761. The van der Waals surface area contributed by atoms with Gasteiger partial charge in [0.2, 0.25) is 6.10 Å². The van der Waals surface area contributed by atoms with Gasteiger partial charge in [0.1, 0.15) is 6.61 Å². The van der Waals surface area contributed by atoms with Crippen LogP contribution < -0.4 is 19.7 Å². The van der Waals surface area contributed by atoms with Crippen LogP contribution in [-0.4, -0.2) is 49.9 Å². The van der Waals surface area contributed by atoms with Crippen LogP contribution >= 0.6 is 0 Å². The highest BCUT2D eigenvalue weighted by molar-refractivity contribution is 5.97. The molecule has 25 heavy (non-hydrogen) atoms. The summed E-state index contributed by atoms with van der Waals surface area (Å²) in [4.78, 5) is 19.1. The van der Waals surface area contributed by atoms with Crippen LogP contribution in [0.4, 0.5) is 11.5 Å². The van der Waals surface area contributed by atoms with E-state index in [9.17, 15) is 4.79 Å². The van der Waals surface area contributed by atoms with Crippen LogP contribution in [0.5, 0.6) is 11.5 Å². The zero-order chi connectivity index (χ0) is 17.1. The molecule has 7 nitrogen and oxygen atoms in total. The maximum Gasteiger partial charge on any atom is 0.269 e. The number of ether oxygens (including phenoxy) is 3. The quantitative estimate of drug-likeness (QED) is 0.916. The number of morpholine rings is 1. The molecule has 2 aliphatic heterocycles. The molecule has 1 aromatic carbocycles. The van der Waals surface area contributed by atoms with Crippen molar-refractivity contribution in [3.63, 3.8) is 0 Å². The first kappa shape index (κ1) is 15.7. The first-order chi connectivity index (χ1) is 12.3. The highest BCUT2D eigenvalue weighted by Gasteiger charge is 2.28. The Kier molecular flexibility index (Phi) is 4.39. The molecular weight excluding hydrogens is 322 g/mol. The average molecular weight is 341 g/mol. The summed E-state index contributed by atoms with van der Waals surface area (Å²) in [7, 11) is 0. The number of carbonyl (C=O) groups is 1. The Morgan fingerprint density at radius 1 is 1.12 bits per heavy atom. The molecule has 2 aromatic rings. The van der Waals surface area contributed by atoms with E-state index in [1.165, 1.54) is 0 Å². The number of hydrogen-bond acceptors (Lipinski definition) is 6. The van der Waals surface area contributed by atoms with E-state index in [0.717, 1.165) is 18.9 Å². The van der Waals surface area contributed by atoms with Crippen molar-refractivity contribution in [3.8, 4) is 11.5 Å². The van der Waals surface area contributed by atoms with Crippen molar-refractivity contribution < 1.29 is 19.0 Å². The first-order valence-electron chi connectivity index (χ1n) is 8.28. The molecule has 2 aliphatic rings. The van der Waals surface area contributed by atoms with E-state index >= 15 is 0 Å². The minimum absolute atomic E-state index is 0.177. The lowest BCUT2D eigenvalue weighted by atomic mass is 10.2. The minimum Gasteiger partial charge on any atom is -0.485 e. The van der Waals surface area contributed by atoms with Gasteiger partial charge in [0.25, 0.3) is 5.91 Å². The largest absolute Gasteiger partial charge is 0.485 e. The fourth-order valence-corrected chi connectivity index (χ4v) is 2.88. The molecule has 1 amide bonds. The second-order valence-electron chi connectivity index (χ2n) is 5.83. The normalized spacial score (nSPS) is 19.4. The van der Waals surface area contributed by atoms with Crippen LogP contribution in [0.1, 0.15) is 0 Å². The highest BCUT2D eigenvalue weighted by atomic mass is 16.6. The number of carbonyl (C=O) groups excluding carboxylic acids is 1. The average Bonchev–Trinajstić information content (AvgIpc) is 2.68. The molecule has 3 heterocycles. The second kappa shape index (κ2) is 6.98. The van der Waals surface area contributed by atoms with Gasteiger partial charge in [0, 0.05) is 19.3 Å². The van der Waals surface area contributed by atoms with Gasteiger partial charge >= 0.3 is 0 Å². The van der Waals surface area contributed by atoms with E-state index in [-0.39, 0.29) is 12.5 Å². The molecule has 0 aliphatic carbocycles. The number of benzene rings is 1. The van der Waals surface area contributed by atoms with E-state index in [4.69, 9.17) is 14.2 Å². The van der Waals surface area contributed by atoms with Crippen LogP contribution in [0, 0.1) is 0 Å². The molecule has 0 bridgehead atoms. The maximum atomic E-state index is 12.6. The first-order valence-corrected chi connectivity index (χ1v) is 8.28. The number of aromatic nitrogens is 1. The minimum atomic E-state index is -0.701. The fraction of sp³-hybridized carbons (Fsp3) is 0.333. The predicted molar refractivity (Wildman–Crippen MR) is 92.3 cm³/mol. The van der Waals surface area contributed by atoms with Gasteiger partial charge in [0.05, 0.1) is 18.9 Å². The van der Waals surface area contributed by atoms with Gasteiger partial charge in [0.15, 0.2) is 17.3 Å². The topological polar surface area (TPSA) is 72.9 Å². The van der Waals surface area contributed by atoms with Gasteiger partial charge in [-0.1, -0.05) is 12.1 Å². The molecule has 1 aromatic heterocycles. The van der Waals surface area contributed by atoms with Gasteiger partial charge in [-0.25, -0.2) is 4.98 Å². The smallest absolute Gasteiger partial charge is 0.269 e. The standard InChI is InChI=1S/C18H19N3O4/c22-18(16-12-24-14-5-1-2-6-15(14)25-16)20-13-4-3-7-19-17(13)21-8-10-23-11-9-21/h1-7,16H,8-12H2,(H,20,22). The third kappa shape index (κ3) is 3.36. The lowest BCUT2D eigenvalue weighted by Gasteiger charge is -2.30. The third-order valence-corrected chi connectivity index (χ3v) is 4.16. The number of rotatable bonds is 3. The second-order valence-corrected chi connectivity index (χ2v) is 5.83. The molecule has 4 rings (SSSR count). The van der Waals surface area contributed by atoms with Crippen molar-refractivity contribution in [1.29, 1.82) is 0 Å². The van der Waals surface area contributed by atoms with Gasteiger partial charge in [-0.15, -0.1) is 0 Å². The number of pyridine rings is 1. The third-order valence-electron chi connectivity index (χ3n) is 4.16. The molecule has 130 valence electrons. The van der Waals surface area contributed by atoms with Crippen LogP contribution in [0.15, 0.2) is 42.6 Å². The number of para-hydroxylation sites is 2. The molecule has 0 radical (unpaired) electrons. The number of fused-ring (bicyclic) bond motifs is 1. The van der Waals surface area contributed by atoms with Crippen LogP contribution in [-0.2, 0) is 9.53 Å². The number of nitrogens with one attached hydrogen (secondary N) is 1. The van der Waals surface area contributed by atoms with Crippen LogP contribution in [0.3, 0.4) is 0 Å². The molecular formula is C18H19N3O4. The summed E-state index contributed by atoms with van der Waals surface area (Å²) in [5.41, 5.74) is 0.664. The summed E-state index contributed by atoms with van der Waals surface area (Å²) < 4.78 is 16.8. The summed E-state index contributed by atoms with van der Waals surface area (Å²) in [6.45, 7) is 2.98. The Morgan fingerprint density at radius 2 is 1.92 bits per heavy atom. The maximum absolute atomic E-state index is 12.6. The lowest BCUT2D eigenvalue weighted by molar-refractivity contribution is -0.125. The van der Waals surface area contributed by atoms with E-state index in [1.807, 2.05) is 24.3 Å². The molecule has 1 fully saturated rings. The zero-order valence-corrected chi connectivity index (χ0v) is 13.7. The van der Waals surface area contributed by atoms with Gasteiger partial charge in [-0.2, -0.15) is 0 Å². The monoisotopic (exact) mass is 341 g/mol.